The second-order valence-corrected chi connectivity index (χ2v) is 12.1. The second kappa shape index (κ2) is 20.8. The van der Waals surface area contributed by atoms with Gasteiger partial charge in [0.2, 0.25) is 0 Å². The number of benzene rings is 1. The highest BCUT2D eigenvalue weighted by molar-refractivity contribution is 5.72. The van der Waals surface area contributed by atoms with Gasteiger partial charge in [-0.15, -0.1) is 0 Å². The van der Waals surface area contributed by atoms with Gasteiger partial charge in [-0.1, -0.05) is 44.2 Å². The summed E-state index contributed by atoms with van der Waals surface area (Å²) in [6.07, 6.45) is 5.64. The zero-order chi connectivity index (χ0) is 31.6. The van der Waals surface area contributed by atoms with Crippen LogP contribution in [0.15, 0.2) is 30.3 Å². The van der Waals surface area contributed by atoms with Crippen LogP contribution in [0, 0.1) is 11.8 Å². The number of carbonyl (C=O) groups excluding carboxylic acids is 2. The first kappa shape index (κ1) is 37.1. The standard InChI is InChI=1S/C34H58N2O7/c1-8-32(37)43-31-25-33(38)42-27(3)18-21-36(19-13-12-16-28-14-10-9-11-15-28)35(4)20-17-26(2)22-29(23-30(31)39-5)24-34(40-6)41-7/h9-11,14-15,26-27,29-31,34H,8,12-13,16-25H2,1-7H3. The molecule has 9 heteroatoms. The van der Waals surface area contributed by atoms with Gasteiger partial charge in [-0.2, -0.15) is 0 Å². The van der Waals surface area contributed by atoms with Crippen molar-refractivity contribution < 1.29 is 33.3 Å². The quantitative estimate of drug-likeness (QED) is 0.170. The highest BCUT2D eigenvalue weighted by atomic mass is 16.7. The lowest BCUT2D eigenvalue weighted by Crippen LogP contribution is -2.43. The number of hydrazine groups is 1. The van der Waals surface area contributed by atoms with Crippen LogP contribution in [0.3, 0.4) is 0 Å². The molecule has 0 N–H and O–H groups in total. The summed E-state index contributed by atoms with van der Waals surface area (Å²) < 4.78 is 28.6. The third-order valence-electron chi connectivity index (χ3n) is 8.54. The van der Waals surface area contributed by atoms with Crippen molar-refractivity contribution in [2.24, 2.45) is 11.8 Å². The minimum Gasteiger partial charge on any atom is -0.463 e. The molecule has 0 aromatic heterocycles. The fourth-order valence-electron chi connectivity index (χ4n) is 5.86. The van der Waals surface area contributed by atoms with Crippen LogP contribution in [-0.2, 0) is 39.7 Å². The number of carbonyl (C=O) groups is 2. The Morgan fingerprint density at radius 3 is 2.37 bits per heavy atom. The van der Waals surface area contributed by atoms with Crippen molar-refractivity contribution in [1.29, 1.82) is 0 Å². The van der Waals surface area contributed by atoms with Crippen LogP contribution in [0.4, 0.5) is 0 Å². The highest BCUT2D eigenvalue weighted by Gasteiger charge is 2.33. The van der Waals surface area contributed by atoms with Crippen LogP contribution in [0.2, 0.25) is 0 Å². The summed E-state index contributed by atoms with van der Waals surface area (Å²) in [5.41, 5.74) is 1.37. The molecule has 5 unspecified atom stereocenters. The van der Waals surface area contributed by atoms with E-state index in [1.165, 1.54) is 5.56 Å². The minimum absolute atomic E-state index is 0.0437. The Morgan fingerprint density at radius 1 is 1.00 bits per heavy atom. The Balaban J connectivity index is 2.19. The Hall–Kier alpha value is -2.04. The number of esters is 2. The summed E-state index contributed by atoms with van der Waals surface area (Å²) in [5, 5.41) is 4.75. The average molecular weight is 607 g/mol. The molecule has 0 aliphatic carbocycles. The smallest absolute Gasteiger partial charge is 0.309 e. The molecule has 1 aliphatic heterocycles. The molecule has 0 saturated carbocycles. The lowest BCUT2D eigenvalue weighted by molar-refractivity contribution is -0.166. The van der Waals surface area contributed by atoms with Crippen LogP contribution in [0.25, 0.3) is 0 Å². The van der Waals surface area contributed by atoms with Gasteiger partial charge in [0.15, 0.2) is 6.29 Å². The van der Waals surface area contributed by atoms with Crippen molar-refractivity contribution in [2.45, 2.75) is 110 Å². The van der Waals surface area contributed by atoms with E-state index in [-0.39, 0.29) is 43.1 Å². The maximum absolute atomic E-state index is 13.1. The highest BCUT2D eigenvalue weighted by Crippen LogP contribution is 2.29. The predicted octanol–water partition coefficient (Wildman–Crippen LogP) is 5.65. The first-order valence-corrected chi connectivity index (χ1v) is 16.2. The zero-order valence-corrected chi connectivity index (χ0v) is 27.8. The van der Waals surface area contributed by atoms with Crippen molar-refractivity contribution in [3.8, 4) is 0 Å². The summed E-state index contributed by atoms with van der Waals surface area (Å²) >= 11 is 0. The van der Waals surface area contributed by atoms with Gasteiger partial charge in [-0.05, 0) is 69.3 Å². The van der Waals surface area contributed by atoms with E-state index < -0.39 is 12.2 Å². The van der Waals surface area contributed by atoms with Crippen LogP contribution in [0.5, 0.6) is 0 Å². The average Bonchev–Trinajstić information content (AvgIpc) is 3.00. The number of hydrogen-bond acceptors (Lipinski definition) is 9. The largest absolute Gasteiger partial charge is 0.463 e. The molecular formula is C34H58N2O7. The van der Waals surface area contributed by atoms with Crippen molar-refractivity contribution in [3.63, 3.8) is 0 Å². The molecule has 0 radical (unpaired) electrons. The van der Waals surface area contributed by atoms with Gasteiger partial charge in [0.25, 0.3) is 0 Å². The molecule has 43 heavy (non-hydrogen) atoms. The van der Waals surface area contributed by atoms with E-state index in [4.69, 9.17) is 23.7 Å². The van der Waals surface area contributed by atoms with E-state index in [0.29, 0.717) is 18.8 Å². The summed E-state index contributed by atoms with van der Waals surface area (Å²) in [6, 6.07) is 10.6. The topological polar surface area (TPSA) is 86.8 Å². The molecular weight excluding hydrogens is 548 g/mol. The predicted molar refractivity (Wildman–Crippen MR) is 168 cm³/mol. The molecule has 5 atom stereocenters. The SMILES string of the molecule is CCC(=O)OC1CC(=O)OC(C)CCN(CCCCc2ccccc2)N(C)CCC(C)CC(CC(OC)OC)CC1OC. The molecule has 1 aromatic rings. The first-order chi connectivity index (χ1) is 20.7. The molecule has 1 aliphatic rings. The number of cyclic esters (lactones) is 1. The monoisotopic (exact) mass is 606 g/mol. The summed E-state index contributed by atoms with van der Waals surface area (Å²) in [7, 11) is 7.07. The second-order valence-electron chi connectivity index (χ2n) is 12.1. The van der Waals surface area contributed by atoms with Crippen LogP contribution >= 0.6 is 0 Å². The Morgan fingerprint density at radius 2 is 1.72 bits per heavy atom. The van der Waals surface area contributed by atoms with E-state index in [2.05, 4.69) is 54.3 Å². The lowest BCUT2D eigenvalue weighted by atomic mass is 9.85. The molecule has 246 valence electrons. The van der Waals surface area contributed by atoms with E-state index in [1.54, 1.807) is 28.3 Å². The number of aryl methyl sites for hydroxylation is 1. The number of methoxy groups -OCH3 is 3. The zero-order valence-electron chi connectivity index (χ0n) is 27.8. The van der Waals surface area contributed by atoms with Crippen molar-refractivity contribution >= 4 is 11.9 Å². The Kier molecular flexibility index (Phi) is 18.0. The Labute approximate surface area is 260 Å². The minimum atomic E-state index is -0.723. The van der Waals surface area contributed by atoms with E-state index in [9.17, 15) is 9.59 Å². The van der Waals surface area contributed by atoms with Gasteiger partial charge in [-0.25, -0.2) is 10.0 Å². The first-order valence-electron chi connectivity index (χ1n) is 16.2. The summed E-state index contributed by atoms with van der Waals surface area (Å²) in [5.74, 6) is -0.123. The lowest BCUT2D eigenvalue weighted by Gasteiger charge is -2.35. The van der Waals surface area contributed by atoms with Gasteiger partial charge in [0.1, 0.15) is 12.2 Å². The number of rotatable bonds is 12. The van der Waals surface area contributed by atoms with Crippen molar-refractivity contribution in [2.75, 3.05) is 48.0 Å². The Bertz CT molecular complexity index is 898. The molecule has 1 saturated heterocycles. The van der Waals surface area contributed by atoms with Gasteiger partial charge in [0, 0.05) is 60.9 Å². The van der Waals surface area contributed by atoms with Crippen molar-refractivity contribution in [1.82, 2.24) is 10.0 Å². The van der Waals surface area contributed by atoms with Crippen LogP contribution in [0.1, 0.15) is 84.1 Å². The normalized spacial score (nSPS) is 25.9. The number of ether oxygens (including phenoxy) is 5. The van der Waals surface area contributed by atoms with Gasteiger partial charge in [-0.3, -0.25) is 9.59 Å². The van der Waals surface area contributed by atoms with E-state index >= 15 is 0 Å². The van der Waals surface area contributed by atoms with Gasteiger partial charge < -0.3 is 23.7 Å². The van der Waals surface area contributed by atoms with Crippen molar-refractivity contribution in [3.05, 3.63) is 35.9 Å². The van der Waals surface area contributed by atoms with Gasteiger partial charge in [0.05, 0.1) is 12.5 Å². The molecule has 0 bridgehead atoms. The molecule has 0 amide bonds. The maximum atomic E-state index is 13.1. The molecule has 2 rings (SSSR count). The van der Waals surface area contributed by atoms with E-state index in [1.807, 2.05) is 6.92 Å². The molecule has 1 aromatic carbocycles. The summed E-state index contributed by atoms with van der Waals surface area (Å²) in [4.78, 5) is 25.4. The summed E-state index contributed by atoms with van der Waals surface area (Å²) in [6.45, 7) is 8.66. The van der Waals surface area contributed by atoms with Crippen LogP contribution in [-0.4, -0.2) is 94.6 Å². The molecule has 9 nitrogen and oxygen atoms in total. The van der Waals surface area contributed by atoms with E-state index in [0.717, 1.165) is 58.2 Å². The number of hydrogen-bond donors (Lipinski definition) is 0. The van der Waals surface area contributed by atoms with Gasteiger partial charge >= 0.3 is 11.9 Å². The number of unbranched alkanes of at least 4 members (excludes halogenated alkanes) is 1. The third kappa shape index (κ3) is 14.5. The number of nitrogens with zero attached hydrogens (tertiary/aromatic N) is 2. The molecule has 0 spiro atoms. The molecule has 1 heterocycles. The fraction of sp³-hybridized carbons (Fsp3) is 0.765. The molecule has 1 fully saturated rings. The maximum Gasteiger partial charge on any atom is 0.309 e. The third-order valence-corrected chi connectivity index (χ3v) is 8.54. The fourth-order valence-corrected chi connectivity index (χ4v) is 5.86. The van der Waals surface area contributed by atoms with Crippen LogP contribution < -0.4 is 0 Å².